The number of nitrogens with zero attached hydrogens (tertiary/aromatic N) is 5. The molecule has 0 bridgehead atoms. The molecule has 0 unspecified atom stereocenters. The van der Waals surface area contributed by atoms with Gasteiger partial charge in [-0.15, -0.1) is 5.10 Å². The van der Waals surface area contributed by atoms with Crippen molar-refractivity contribution in [2.45, 2.75) is 57.9 Å². The quantitative estimate of drug-likeness (QED) is 0.801. The fourth-order valence-electron chi connectivity index (χ4n) is 2.62. The van der Waals surface area contributed by atoms with Gasteiger partial charge in [-0.2, -0.15) is 11.8 Å². The molecule has 1 atom stereocenters. The second kappa shape index (κ2) is 7.85. The van der Waals surface area contributed by atoms with Gasteiger partial charge in [-0.1, -0.05) is 20.3 Å². The largest absolute Gasteiger partial charge is 0.295 e. The molecule has 0 saturated carbocycles. The van der Waals surface area contributed by atoms with Gasteiger partial charge in [0.15, 0.2) is 5.82 Å². The van der Waals surface area contributed by atoms with E-state index >= 15 is 0 Å². The Kier molecular flexibility index (Phi) is 6.10. The highest BCUT2D eigenvalue weighted by Gasteiger charge is 2.20. The second-order valence-corrected chi connectivity index (χ2v) is 6.70. The van der Waals surface area contributed by atoms with Crippen molar-refractivity contribution >= 4 is 11.8 Å². The molecular formula is C13H25N5S. The SMILES string of the molecule is CCCn1nnnc1CN1CCCC[C@@H](SCC)C1. The van der Waals surface area contributed by atoms with E-state index < -0.39 is 0 Å². The minimum absolute atomic E-state index is 0.781. The first-order valence-corrected chi connectivity index (χ1v) is 8.47. The fourth-order valence-corrected chi connectivity index (χ4v) is 3.74. The molecule has 6 heteroatoms. The van der Waals surface area contributed by atoms with Crippen molar-refractivity contribution in [3.8, 4) is 0 Å². The van der Waals surface area contributed by atoms with Gasteiger partial charge in [0.2, 0.25) is 0 Å². The van der Waals surface area contributed by atoms with E-state index in [-0.39, 0.29) is 0 Å². The molecule has 2 heterocycles. The summed E-state index contributed by atoms with van der Waals surface area (Å²) in [5, 5.41) is 12.9. The van der Waals surface area contributed by atoms with Gasteiger partial charge in [-0.05, 0) is 42.0 Å². The van der Waals surface area contributed by atoms with Crippen molar-refractivity contribution < 1.29 is 0 Å². The Bertz CT molecular complexity index is 368. The van der Waals surface area contributed by atoms with E-state index in [1.807, 2.05) is 4.68 Å². The van der Waals surface area contributed by atoms with Gasteiger partial charge in [0, 0.05) is 18.3 Å². The average molecular weight is 283 g/mol. The Morgan fingerprint density at radius 1 is 1.32 bits per heavy atom. The van der Waals surface area contributed by atoms with Crippen molar-refractivity contribution in [3.05, 3.63) is 5.82 Å². The van der Waals surface area contributed by atoms with Crippen molar-refractivity contribution in [2.24, 2.45) is 0 Å². The molecule has 0 aliphatic carbocycles. The molecule has 1 aromatic rings. The summed E-state index contributed by atoms with van der Waals surface area (Å²) in [5.41, 5.74) is 0. The van der Waals surface area contributed by atoms with Crippen LogP contribution in [0.15, 0.2) is 0 Å². The molecule has 2 rings (SSSR count). The molecule has 0 amide bonds. The van der Waals surface area contributed by atoms with E-state index in [9.17, 15) is 0 Å². The lowest BCUT2D eigenvalue weighted by Gasteiger charge is -2.23. The first-order valence-electron chi connectivity index (χ1n) is 7.42. The Balaban J connectivity index is 1.94. The van der Waals surface area contributed by atoms with Gasteiger partial charge in [-0.25, -0.2) is 4.68 Å². The van der Waals surface area contributed by atoms with Gasteiger partial charge in [0.05, 0.1) is 6.54 Å². The molecule has 0 radical (unpaired) electrons. The van der Waals surface area contributed by atoms with E-state index in [0.717, 1.165) is 30.6 Å². The molecule has 1 aromatic heterocycles. The van der Waals surface area contributed by atoms with Crippen LogP contribution in [0.3, 0.4) is 0 Å². The van der Waals surface area contributed by atoms with Crippen LogP contribution in [0.1, 0.15) is 45.4 Å². The summed E-state index contributed by atoms with van der Waals surface area (Å²) in [6.45, 7) is 8.58. The topological polar surface area (TPSA) is 46.8 Å². The third kappa shape index (κ3) is 4.45. The number of likely N-dealkylation sites (tertiary alicyclic amines) is 1. The Labute approximate surface area is 120 Å². The van der Waals surface area contributed by atoms with Gasteiger partial charge < -0.3 is 0 Å². The van der Waals surface area contributed by atoms with Crippen LogP contribution in [0.2, 0.25) is 0 Å². The molecule has 1 fully saturated rings. The maximum absolute atomic E-state index is 4.18. The van der Waals surface area contributed by atoms with Crippen molar-refractivity contribution in [1.82, 2.24) is 25.1 Å². The number of aromatic nitrogens is 4. The minimum Gasteiger partial charge on any atom is -0.295 e. The van der Waals surface area contributed by atoms with Gasteiger partial charge >= 0.3 is 0 Å². The molecule has 1 aliphatic rings. The summed E-state index contributed by atoms with van der Waals surface area (Å²) in [5.74, 6) is 2.23. The van der Waals surface area contributed by atoms with E-state index in [2.05, 4.69) is 46.0 Å². The lowest BCUT2D eigenvalue weighted by molar-refractivity contribution is 0.266. The number of hydrogen-bond donors (Lipinski definition) is 0. The van der Waals surface area contributed by atoms with Crippen LogP contribution < -0.4 is 0 Å². The van der Waals surface area contributed by atoms with E-state index in [4.69, 9.17) is 0 Å². The highest BCUT2D eigenvalue weighted by atomic mass is 32.2. The third-order valence-corrected chi connectivity index (χ3v) is 4.71. The monoisotopic (exact) mass is 283 g/mol. The summed E-state index contributed by atoms with van der Waals surface area (Å²) < 4.78 is 1.95. The van der Waals surface area contributed by atoms with Crippen LogP contribution in [0, 0.1) is 0 Å². The van der Waals surface area contributed by atoms with Crippen LogP contribution in [0.4, 0.5) is 0 Å². The smallest absolute Gasteiger partial charge is 0.165 e. The molecule has 108 valence electrons. The number of rotatable bonds is 6. The molecular weight excluding hydrogens is 258 g/mol. The molecule has 19 heavy (non-hydrogen) atoms. The molecule has 0 N–H and O–H groups in total. The average Bonchev–Trinajstić information content (AvgIpc) is 2.70. The number of aryl methyl sites for hydroxylation is 1. The number of tetrazole rings is 1. The van der Waals surface area contributed by atoms with Gasteiger partial charge in [-0.3, -0.25) is 4.90 Å². The Morgan fingerprint density at radius 3 is 3.00 bits per heavy atom. The van der Waals surface area contributed by atoms with Crippen LogP contribution in [0.25, 0.3) is 0 Å². The zero-order valence-electron chi connectivity index (χ0n) is 12.1. The second-order valence-electron chi connectivity index (χ2n) is 5.13. The van der Waals surface area contributed by atoms with Gasteiger partial charge in [0.25, 0.3) is 0 Å². The summed E-state index contributed by atoms with van der Waals surface area (Å²) in [4.78, 5) is 2.53. The van der Waals surface area contributed by atoms with Crippen molar-refractivity contribution in [3.63, 3.8) is 0 Å². The minimum atomic E-state index is 0.781. The highest BCUT2D eigenvalue weighted by Crippen LogP contribution is 2.22. The lowest BCUT2D eigenvalue weighted by Crippen LogP contribution is -2.30. The number of thioether (sulfide) groups is 1. The van der Waals surface area contributed by atoms with Crippen LogP contribution in [-0.2, 0) is 13.1 Å². The van der Waals surface area contributed by atoms with Crippen LogP contribution in [0.5, 0.6) is 0 Å². The van der Waals surface area contributed by atoms with Crippen molar-refractivity contribution in [2.75, 3.05) is 18.8 Å². The Hall–Kier alpha value is -0.620. The normalized spacial score (nSPS) is 21.5. The fraction of sp³-hybridized carbons (Fsp3) is 0.923. The first kappa shape index (κ1) is 14.8. The third-order valence-electron chi connectivity index (χ3n) is 3.52. The summed E-state index contributed by atoms with van der Waals surface area (Å²) in [7, 11) is 0. The summed E-state index contributed by atoms with van der Waals surface area (Å²) >= 11 is 2.10. The van der Waals surface area contributed by atoms with E-state index in [1.165, 1.54) is 38.1 Å². The summed E-state index contributed by atoms with van der Waals surface area (Å²) in [6, 6.07) is 0. The Morgan fingerprint density at radius 2 is 2.21 bits per heavy atom. The zero-order chi connectivity index (χ0) is 13.5. The molecule has 0 spiro atoms. The van der Waals surface area contributed by atoms with Crippen LogP contribution >= 0.6 is 11.8 Å². The molecule has 5 nitrogen and oxygen atoms in total. The molecule has 1 saturated heterocycles. The highest BCUT2D eigenvalue weighted by molar-refractivity contribution is 7.99. The summed E-state index contributed by atoms with van der Waals surface area (Å²) in [6.07, 6.45) is 5.09. The maximum Gasteiger partial charge on any atom is 0.165 e. The van der Waals surface area contributed by atoms with Crippen molar-refractivity contribution in [1.29, 1.82) is 0 Å². The lowest BCUT2D eigenvalue weighted by atomic mass is 10.2. The molecule has 0 aromatic carbocycles. The maximum atomic E-state index is 4.18. The molecule has 1 aliphatic heterocycles. The predicted octanol–water partition coefficient (Wildman–Crippen LogP) is 2.19. The van der Waals surface area contributed by atoms with E-state index in [1.54, 1.807) is 0 Å². The predicted molar refractivity (Wildman–Crippen MR) is 79.2 cm³/mol. The van der Waals surface area contributed by atoms with Crippen LogP contribution in [-0.4, -0.2) is 49.2 Å². The van der Waals surface area contributed by atoms with E-state index in [0.29, 0.717) is 0 Å². The zero-order valence-corrected chi connectivity index (χ0v) is 12.9. The number of hydrogen-bond acceptors (Lipinski definition) is 5. The standard InChI is InChI=1S/C13H25N5S/c1-3-8-18-13(14-15-16-18)11-17-9-6-5-7-12(10-17)19-4-2/h12H,3-11H2,1-2H3/t12-/m1/s1. The first-order chi connectivity index (χ1) is 9.33. The van der Waals surface area contributed by atoms with Gasteiger partial charge in [0.1, 0.15) is 0 Å².